The lowest BCUT2D eigenvalue weighted by Crippen LogP contribution is -2.51. The van der Waals surface area contributed by atoms with E-state index >= 15 is 0 Å². The Labute approximate surface area is 191 Å². The average molecular weight is 475 g/mol. The van der Waals surface area contributed by atoms with Crippen molar-refractivity contribution in [2.24, 2.45) is 0 Å². The molecule has 0 amide bonds. The number of furan rings is 1. The zero-order valence-corrected chi connectivity index (χ0v) is 18.3. The number of fused-ring (bicyclic) bond motifs is 5. The summed E-state index contributed by atoms with van der Waals surface area (Å²) >= 11 is 6.08. The summed E-state index contributed by atoms with van der Waals surface area (Å²) in [7, 11) is 1.87. The summed E-state index contributed by atoms with van der Waals surface area (Å²) in [6.07, 6.45) is -4.00. The van der Waals surface area contributed by atoms with Gasteiger partial charge in [-0.1, -0.05) is 18.2 Å². The van der Waals surface area contributed by atoms with E-state index in [0.717, 1.165) is 17.3 Å². The third kappa shape index (κ3) is 2.59. The molecule has 10 heteroatoms. The van der Waals surface area contributed by atoms with Crippen LogP contribution in [0.25, 0.3) is 0 Å². The van der Waals surface area contributed by atoms with Gasteiger partial charge >= 0.3 is 6.18 Å². The van der Waals surface area contributed by atoms with Crippen molar-refractivity contribution in [3.63, 3.8) is 0 Å². The molecule has 3 aliphatic heterocycles. The Bertz CT molecular complexity index is 1400. The predicted octanol–water partition coefficient (Wildman–Crippen LogP) is 4.36. The van der Waals surface area contributed by atoms with Crippen LogP contribution in [0.3, 0.4) is 0 Å². The Balaban J connectivity index is 1.52. The van der Waals surface area contributed by atoms with Crippen molar-refractivity contribution < 1.29 is 27.1 Å². The molecule has 0 fully saturated rings. The topological polar surface area (TPSA) is 53.6 Å². The van der Waals surface area contributed by atoms with E-state index in [0.29, 0.717) is 29.4 Å². The monoisotopic (exact) mass is 475 g/mol. The number of alkyl halides is 3. The lowest BCUT2D eigenvalue weighted by molar-refractivity contribution is -0.153. The quantitative estimate of drug-likeness (QED) is 0.407. The zero-order valence-electron chi connectivity index (χ0n) is 17.4. The van der Waals surface area contributed by atoms with Gasteiger partial charge in [0, 0.05) is 23.9 Å². The Hall–Kier alpha value is -3.11. The molecule has 6 nitrogen and oxygen atoms in total. The van der Waals surface area contributed by atoms with Crippen molar-refractivity contribution >= 4 is 22.9 Å². The molecule has 0 aliphatic carbocycles. The largest absolute Gasteiger partial charge is 0.453 e. The van der Waals surface area contributed by atoms with E-state index in [2.05, 4.69) is 0 Å². The predicted molar refractivity (Wildman–Crippen MR) is 116 cm³/mol. The van der Waals surface area contributed by atoms with Crippen LogP contribution in [0.1, 0.15) is 29.2 Å². The van der Waals surface area contributed by atoms with E-state index in [9.17, 15) is 18.0 Å². The lowest BCUT2D eigenvalue weighted by atomic mass is 9.78. The molecule has 2 aromatic heterocycles. The molecule has 0 bridgehead atoms. The lowest BCUT2D eigenvalue weighted by Gasteiger charge is -2.31. The number of benzene rings is 1. The van der Waals surface area contributed by atoms with Crippen LogP contribution >= 0.6 is 12.2 Å². The van der Waals surface area contributed by atoms with Crippen LogP contribution in [0.15, 0.2) is 51.7 Å². The Morgan fingerprint density at radius 2 is 1.97 bits per heavy atom. The SMILES string of the molecule is C[N+]1(Cc2ccc(C(F)(F)F)o2)C(=S)C2(CCn3c2cc2c(c3=O)OCO2)c2ccccc21. The molecule has 2 atom stereocenters. The van der Waals surface area contributed by atoms with Crippen LogP contribution in [-0.4, -0.2) is 23.4 Å². The smallest absolute Gasteiger partial charge is 0.449 e. The minimum Gasteiger partial charge on any atom is -0.453 e. The van der Waals surface area contributed by atoms with E-state index in [1.165, 1.54) is 6.07 Å². The number of aromatic nitrogens is 1. The molecule has 33 heavy (non-hydrogen) atoms. The van der Waals surface area contributed by atoms with Gasteiger partial charge in [-0.3, -0.25) is 4.79 Å². The molecule has 5 heterocycles. The maximum absolute atomic E-state index is 13.1. The van der Waals surface area contributed by atoms with E-state index < -0.39 is 17.4 Å². The Morgan fingerprint density at radius 1 is 1.18 bits per heavy atom. The highest BCUT2D eigenvalue weighted by molar-refractivity contribution is 7.80. The highest BCUT2D eigenvalue weighted by atomic mass is 32.1. The van der Waals surface area contributed by atoms with E-state index in [1.54, 1.807) is 4.57 Å². The van der Waals surface area contributed by atoms with Crippen molar-refractivity contribution in [2.45, 2.75) is 31.1 Å². The van der Waals surface area contributed by atoms with Gasteiger partial charge in [-0.25, -0.2) is 4.48 Å². The summed E-state index contributed by atoms with van der Waals surface area (Å²) in [5.41, 5.74) is 1.49. The fourth-order valence-corrected chi connectivity index (χ4v) is 5.94. The summed E-state index contributed by atoms with van der Waals surface area (Å²) in [5.74, 6) is -0.280. The molecule has 2 unspecified atom stereocenters. The molecule has 0 N–H and O–H groups in total. The van der Waals surface area contributed by atoms with Crippen LogP contribution in [-0.2, 0) is 24.7 Å². The first-order chi connectivity index (χ1) is 15.7. The van der Waals surface area contributed by atoms with E-state index in [-0.39, 0.29) is 34.9 Å². The van der Waals surface area contributed by atoms with Crippen LogP contribution < -0.4 is 19.5 Å². The maximum Gasteiger partial charge on any atom is 0.449 e. The molecule has 0 saturated heterocycles. The number of ether oxygens (including phenoxy) is 2. The van der Waals surface area contributed by atoms with Crippen molar-refractivity contribution in [3.05, 3.63) is 75.6 Å². The Kier molecular flexibility index (Phi) is 4.02. The van der Waals surface area contributed by atoms with Crippen molar-refractivity contribution in [1.82, 2.24) is 9.05 Å². The van der Waals surface area contributed by atoms with Gasteiger partial charge in [-0.05, 0) is 36.8 Å². The number of rotatable bonds is 2. The van der Waals surface area contributed by atoms with Gasteiger partial charge in [0.05, 0.1) is 7.05 Å². The van der Waals surface area contributed by atoms with Crippen LogP contribution in [0.5, 0.6) is 11.5 Å². The minimum absolute atomic E-state index is 0.0180. The van der Waals surface area contributed by atoms with Gasteiger partial charge in [0.25, 0.3) is 5.56 Å². The van der Waals surface area contributed by atoms with Gasteiger partial charge in [0.2, 0.25) is 18.3 Å². The molecule has 1 spiro atoms. The van der Waals surface area contributed by atoms with Crippen molar-refractivity contribution in [1.29, 1.82) is 0 Å². The summed E-state index contributed by atoms with van der Waals surface area (Å²) in [6.45, 7) is 0.538. The number of thiocarbonyl (C=S) groups is 1. The number of quaternary nitrogens is 1. The standard InChI is InChI=1S/C23H18F3N2O4S/c1-28(11-13-6-7-18(32-13)23(24,25)26)15-5-3-2-4-14(15)22(21(28)33)8-9-27-17(22)10-16-19(20(27)29)31-12-30-16/h2-7,10H,8-9,11-12H2,1H3/q+1. The second kappa shape index (κ2) is 6.48. The minimum atomic E-state index is -4.56. The molecular weight excluding hydrogens is 457 g/mol. The fraction of sp³-hybridized carbons (Fsp3) is 0.304. The maximum atomic E-state index is 13.1. The molecule has 1 aromatic carbocycles. The third-order valence-corrected chi connectivity index (χ3v) is 7.66. The van der Waals surface area contributed by atoms with E-state index in [4.69, 9.17) is 26.1 Å². The summed E-state index contributed by atoms with van der Waals surface area (Å²) in [5, 5.41) is 0. The van der Waals surface area contributed by atoms with E-state index in [1.807, 2.05) is 37.4 Å². The fourth-order valence-electron chi connectivity index (χ4n) is 5.46. The highest BCUT2D eigenvalue weighted by Crippen LogP contribution is 2.55. The molecule has 170 valence electrons. The van der Waals surface area contributed by atoms with Crippen LogP contribution in [0.2, 0.25) is 0 Å². The number of pyridine rings is 1. The highest BCUT2D eigenvalue weighted by Gasteiger charge is 2.61. The van der Waals surface area contributed by atoms with Gasteiger partial charge < -0.3 is 18.5 Å². The first kappa shape index (κ1) is 20.5. The van der Waals surface area contributed by atoms with Gasteiger partial charge in [0.15, 0.2) is 16.5 Å². The van der Waals surface area contributed by atoms with Crippen LogP contribution in [0.4, 0.5) is 18.9 Å². The Morgan fingerprint density at radius 3 is 2.73 bits per heavy atom. The second-order valence-electron chi connectivity index (χ2n) is 8.68. The molecular formula is C23H18F3N2O4S+. The van der Waals surface area contributed by atoms with Gasteiger partial charge in [0.1, 0.15) is 17.6 Å². The average Bonchev–Trinajstić information content (AvgIpc) is 3.54. The van der Waals surface area contributed by atoms with Crippen molar-refractivity contribution in [2.75, 3.05) is 13.8 Å². The number of likely N-dealkylation sites (N-methyl/N-ethyl adjacent to an activating group) is 1. The normalized spacial score (nSPS) is 25.0. The number of para-hydroxylation sites is 1. The number of hydrogen-bond acceptors (Lipinski definition) is 5. The first-order valence-electron chi connectivity index (χ1n) is 10.4. The first-order valence-corrected chi connectivity index (χ1v) is 10.8. The van der Waals surface area contributed by atoms with Crippen molar-refractivity contribution in [3.8, 4) is 11.5 Å². The molecule has 0 saturated carbocycles. The second-order valence-corrected chi connectivity index (χ2v) is 9.06. The molecule has 0 radical (unpaired) electrons. The number of halogens is 3. The molecule has 3 aromatic rings. The number of hydrogen-bond donors (Lipinski definition) is 0. The summed E-state index contributed by atoms with van der Waals surface area (Å²) in [6, 6.07) is 11.8. The summed E-state index contributed by atoms with van der Waals surface area (Å²) in [4.78, 5) is 13.6. The van der Waals surface area contributed by atoms with Gasteiger partial charge in [-0.15, -0.1) is 0 Å². The summed E-state index contributed by atoms with van der Waals surface area (Å²) < 4.78 is 57.1. The van der Waals surface area contributed by atoms with Gasteiger partial charge in [-0.2, -0.15) is 13.2 Å². The van der Waals surface area contributed by atoms with Crippen LogP contribution in [0, 0.1) is 0 Å². The molecule has 3 aliphatic rings. The molecule has 6 rings (SSSR count). The number of nitrogens with zero attached hydrogens (tertiary/aromatic N) is 2. The zero-order chi connectivity index (χ0) is 23.2. The third-order valence-electron chi connectivity index (χ3n) is 6.91.